The number of rotatable bonds is 7. The van der Waals surface area contributed by atoms with Crippen molar-refractivity contribution in [2.75, 3.05) is 12.4 Å². The Morgan fingerprint density at radius 2 is 1.70 bits per heavy atom. The average Bonchev–Trinajstić information content (AvgIpc) is 2.67. The van der Waals surface area contributed by atoms with Crippen molar-refractivity contribution in [3.05, 3.63) is 84.9 Å². The molecule has 0 fully saturated rings. The van der Waals surface area contributed by atoms with Crippen LogP contribution in [0.15, 0.2) is 65.1 Å². The molecule has 0 aliphatic heterocycles. The summed E-state index contributed by atoms with van der Waals surface area (Å²) in [4.78, 5) is 0. The fourth-order valence-corrected chi connectivity index (χ4v) is 3.74. The normalized spacial score (nSPS) is 10.5. The number of anilines is 1. The number of benzene rings is 3. The Morgan fingerprint density at radius 3 is 2.37 bits per heavy atom. The van der Waals surface area contributed by atoms with Crippen LogP contribution in [0.4, 0.5) is 5.69 Å². The highest BCUT2D eigenvalue weighted by molar-refractivity contribution is 14.1. The van der Waals surface area contributed by atoms with Crippen molar-refractivity contribution in [1.29, 1.82) is 0 Å². The van der Waals surface area contributed by atoms with Gasteiger partial charge in [-0.25, -0.2) is 0 Å². The Labute approximate surface area is 186 Å². The third kappa shape index (κ3) is 5.77. The van der Waals surface area contributed by atoms with E-state index in [2.05, 4.69) is 49.9 Å². The first-order valence-corrected chi connectivity index (χ1v) is 10.5. The summed E-state index contributed by atoms with van der Waals surface area (Å²) in [6, 6.07) is 19.8. The van der Waals surface area contributed by atoms with Gasteiger partial charge >= 0.3 is 0 Å². The first-order valence-electron chi connectivity index (χ1n) is 8.28. The highest BCUT2D eigenvalue weighted by Gasteiger charge is 2.12. The molecule has 0 atom stereocenters. The molecular weight excluding hydrogens is 540 g/mol. The molecule has 1 N–H and O–H groups in total. The minimum absolute atomic E-state index is 0.488. The summed E-state index contributed by atoms with van der Waals surface area (Å²) >= 11 is 11.7. The molecule has 3 nitrogen and oxygen atoms in total. The number of nitrogens with one attached hydrogen (secondary N) is 1. The van der Waals surface area contributed by atoms with Crippen molar-refractivity contribution in [2.24, 2.45) is 0 Å². The summed E-state index contributed by atoms with van der Waals surface area (Å²) in [5, 5.41) is 4.11. The minimum Gasteiger partial charge on any atom is -0.493 e. The highest BCUT2D eigenvalue weighted by atomic mass is 127. The van der Waals surface area contributed by atoms with Gasteiger partial charge in [0, 0.05) is 21.7 Å². The zero-order valence-electron chi connectivity index (χ0n) is 14.6. The van der Waals surface area contributed by atoms with Crippen molar-refractivity contribution in [1.82, 2.24) is 0 Å². The van der Waals surface area contributed by atoms with Crippen molar-refractivity contribution in [2.45, 2.75) is 13.2 Å². The third-order valence-electron chi connectivity index (χ3n) is 3.93. The first kappa shape index (κ1) is 20.3. The average molecular weight is 559 g/mol. The lowest BCUT2D eigenvalue weighted by molar-refractivity contribution is 0.282. The lowest BCUT2D eigenvalue weighted by atomic mass is 10.2. The fourth-order valence-electron chi connectivity index (χ4n) is 2.52. The first-order chi connectivity index (χ1) is 13.0. The highest BCUT2D eigenvalue weighted by Crippen LogP contribution is 2.35. The predicted molar refractivity (Wildman–Crippen MR) is 123 cm³/mol. The van der Waals surface area contributed by atoms with Crippen LogP contribution in [0.3, 0.4) is 0 Å². The Bertz CT molecular complexity index is 901. The monoisotopic (exact) mass is 557 g/mol. The van der Waals surface area contributed by atoms with Crippen LogP contribution >= 0.6 is 50.1 Å². The van der Waals surface area contributed by atoms with Crippen LogP contribution in [0.25, 0.3) is 0 Å². The smallest absolute Gasteiger partial charge is 0.174 e. The lowest BCUT2D eigenvalue weighted by Gasteiger charge is -2.15. The molecule has 0 bridgehead atoms. The van der Waals surface area contributed by atoms with E-state index in [4.69, 9.17) is 21.1 Å². The molecule has 0 aliphatic carbocycles. The van der Waals surface area contributed by atoms with E-state index >= 15 is 0 Å². The summed E-state index contributed by atoms with van der Waals surface area (Å²) in [6.07, 6.45) is 0. The Morgan fingerprint density at radius 1 is 1.00 bits per heavy atom. The van der Waals surface area contributed by atoms with Gasteiger partial charge in [-0.05, 0) is 82.2 Å². The van der Waals surface area contributed by atoms with Crippen LogP contribution in [-0.4, -0.2) is 7.11 Å². The van der Waals surface area contributed by atoms with Crippen molar-refractivity contribution in [3.8, 4) is 11.5 Å². The molecule has 0 aliphatic rings. The molecule has 0 unspecified atom stereocenters. The molecule has 3 rings (SSSR count). The molecule has 27 heavy (non-hydrogen) atoms. The van der Waals surface area contributed by atoms with Gasteiger partial charge in [-0.3, -0.25) is 0 Å². The topological polar surface area (TPSA) is 30.5 Å². The van der Waals surface area contributed by atoms with Crippen LogP contribution in [0.1, 0.15) is 11.1 Å². The maximum absolute atomic E-state index is 6.03. The van der Waals surface area contributed by atoms with E-state index in [1.165, 1.54) is 0 Å². The van der Waals surface area contributed by atoms with Crippen molar-refractivity contribution < 1.29 is 9.47 Å². The zero-order valence-corrected chi connectivity index (χ0v) is 19.1. The summed E-state index contributed by atoms with van der Waals surface area (Å²) in [5.41, 5.74) is 3.23. The second-order valence-corrected chi connectivity index (χ2v) is 8.40. The maximum Gasteiger partial charge on any atom is 0.174 e. The van der Waals surface area contributed by atoms with Gasteiger partial charge in [0.2, 0.25) is 0 Å². The SMILES string of the molecule is COc1cc(CNc2ccc(Cl)cc2)cc(I)c1OCc1ccc(Br)cc1. The number of ether oxygens (including phenoxy) is 2. The van der Waals surface area contributed by atoms with Gasteiger partial charge in [-0.15, -0.1) is 0 Å². The largest absolute Gasteiger partial charge is 0.493 e. The van der Waals surface area contributed by atoms with Gasteiger partial charge in [-0.2, -0.15) is 0 Å². The van der Waals surface area contributed by atoms with Crippen LogP contribution in [0.5, 0.6) is 11.5 Å². The molecule has 0 saturated carbocycles. The molecule has 0 heterocycles. The van der Waals surface area contributed by atoms with E-state index < -0.39 is 0 Å². The molecule has 0 amide bonds. The number of halogens is 3. The molecule has 140 valence electrons. The van der Waals surface area contributed by atoms with Crippen molar-refractivity contribution >= 4 is 55.8 Å². The van der Waals surface area contributed by atoms with E-state index in [1.54, 1.807) is 7.11 Å². The second kappa shape index (κ2) is 9.66. The Hall–Kier alpha value is -1.44. The van der Waals surface area contributed by atoms with Crippen molar-refractivity contribution in [3.63, 3.8) is 0 Å². The van der Waals surface area contributed by atoms with E-state index in [0.29, 0.717) is 13.2 Å². The van der Waals surface area contributed by atoms with E-state index in [9.17, 15) is 0 Å². The molecule has 3 aromatic carbocycles. The zero-order chi connectivity index (χ0) is 19.2. The number of hydrogen-bond acceptors (Lipinski definition) is 3. The summed E-state index contributed by atoms with van der Waals surface area (Å²) in [5.74, 6) is 1.49. The minimum atomic E-state index is 0.488. The van der Waals surface area contributed by atoms with Gasteiger partial charge in [0.25, 0.3) is 0 Å². The molecule has 3 aromatic rings. The molecule has 0 radical (unpaired) electrons. The van der Waals surface area contributed by atoms with Gasteiger partial charge in [0.05, 0.1) is 10.7 Å². The van der Waals surface area contributed by atoms with Gasteiger partial charge in [0.15, 0.2) is 11.5 Å². The fraction of sp³-hybridized carbons (Fsp3) is 0.143. The summed E-state index contributed by atoms with van der Waals surface area (Å²) < 4.78 is 13.7. The summed E-state index contributed by atoms with van der Waals surface area (Å²) in [7, 11) is 1.66. The van der Waals surface area contributed by atoms with Gasteiger partial charge in [0.1, 0.15) is 6.61 Å². The van der Waals surface area contributed by atoms with E-state index in [-0.39, 0.29) is 0 Å². The quantitative estimate of drug-likeness (QED) is 0.320. The molecule has 6 heteroatoms. The van der Waals surface area contributed by atoms with E-state index in [0.717, 1.165) is 41.4 Å². The van der Waals surface area contributed by atoms with Crippen LogP contribution < -0.4 is 14.8 Å². The molecule has 0 saturated heterocycles. The number of methoxy groups -OCH3 is 1. The van der Waals surface area contributed by atoms with Crippen LogP contribution in [0, 0.1) is 3.57 Å². The Kier molecular flexibility index (Phi) is 7.26. The maximum atomic E-state index is 6.03. The van der Waals surface area contributed by atoms with Gasteiger partial charge < -0.3 is 14.8 Å². The Balaban J connectivity index is 1.70. The van der Waals surface area contributed by atoms with Crippen LogP contribution in [-0.2, 0) is 13.2 Å². The van der Waals surface area contributed by atoms with Crippen LogP contribution in [0.2, 0.25) is 5.02 Å². The lowest BCUT2D eigenvalue weighted by Crippen LogP contribution is -2.03. The number of hydrogen-bond donors (Lipinski definition) is 1. The van der Waals surface area contributed by atoms with Gasteiger partial charge in [-0.1, -0.05) is 39.7 Å². The summed E-state index contributed by atoms with van der Waals surface area (Å²) in [6.45, 7) is 1.17. The second-order valence-electron chi connectivity index (χ2n) is 5.88. The standard InChI is InChI=1S/C21H18BrClINO2/c1-26-20-11-15(12-25-18-8-6-17(23)7-9-18)10-19(24)21(20)27-13-14-2-4-16(22)5-3-14/h2-11,25H,12-13H2,1H3. The molecular formula is C21H18BrClINO2. The van der Waals surface area contributed by atoms with E-state index in [1.807, 2.05) is 54.6 Å². The third-order valence-corrected chi connectivity index (χ3v) is 5.51. The predicted octanol–water partition coefficient (Wildman–Crippen LogP) is 6.91. The molecule has 0 spiro atoms. The molecule has 0 aromatic heterocycles.